The Morgan fingerprint density at radius 1 is 0.946 bits per heavy atom. The molecule has 194 valence electrons. The van der Waals surface area contributed by atoms with E-state index in [2.05, 4.69) is 4.74 Å². The third-order valence-corrected chi connectivity index (χ3v) is 5.05. The fraction of sp³-hybridized carbons (Fsp3) is 0.154. The molecular weight excluding hydrogens is 493 g/mol. The van der Waals surface area contributed by atoms with Gasteiger partial charge in [0, 0.05) is 16.9 Å². The molecule has 8 nitrogen and oxygen atoms in total. The van der Waals surface area contributed by atoms with E-state index in [1.807, 2.05) is 0 Å². The van der Waals surface area contributed by atoms with Crippen LogP contribution in [0.3, 0.4) is 0 Å². The average Bonchev–Trinajstić information content (AvgIpc) is 2.81. The van der Waals surface area contributed by atoms with Gasteiger partial charge in [0.05, 0.1) is 12.7 Å². The minimum Gasteiger partial charge on any atom is -0.493 e. The molecule has 3 rings (SSSR count). The third kappa shape index (κ3) is 7.92. The molecular formula is C26H23F3N2O6. The van der Waals surface area contributed by atoms with Crippen LogP contribution in [0.5, 0.6) is 17.2 Å². The van der Waals surface area contributed by atoms with E-state index in [-0.39, 0.29) is 29.1 Å². The lowest BCUT2D eigenvalue weighted by Crippen LogP contribution is -2.17. The van der Waals surface area contributed by atoms with Gasteiger partial charge in [-0.2, -0.15) is 0 Å². The van der Waals surface area contributed by atoms with Crippen molar-refractivity contribution in [3.8, 4) is 17.2 Å². The second-order valence-electron chi connectivity index (χ2n) is 7.85. The van der Waals surface area contributed by atoms with E-state index in [0.717, 1.165) is 29.8 Å². The zero-order valence-electron chi connectivity index (χ0n) is 19.5. The van der Waals surface area contributed by atoms with Gasteiger partial charge in [-0.05, 0) is 84.6 Å². The van der Waals surface area contributed by atoms with Crippen molar-refractivity contribution in [1.29, 1.82) is 0 Å². The third-order valence-electron chi connectivity index (χ3n) is 5.05. The highest BCUT2D eigenvalue weighted by atomic mass is 19.4. The Hall–Kier alpha value is -4.67. The molecule has 11 heteroatoms. The number of rotatable bonds is 9. The average molecular weight is 516 g/mol. The highest BCUT2D eigenvalue weighted by Crippen LogP contribution is 2.31. The van der Waals surface area contributed by atoms with Crippen LogP contribution in [-0.4, -0.2) is 30.5 Å². The topological polar surface area (TPSA) is 134 Å². The molecule has 0 spiro atoms. The number of nitrogens with two attached hydrogens (primary N) is 2. The van der Waals surface area contributed by atoms with Gasteiger partial charge >= 0.3 is 18.3 Å². The molecule has 37 heavy (non-hydrogen) atoms. The highest BCUT2D eigenvalue weighted by Gasteiger charge is 2.31. The maximum atomic E-state index is 12.5. The molecule has 0 radical (unpaired) electrons. The Labute approximate surface area is 209 Å². The molecule has 3 aromatic carbocycles. The molecule has 0 aliphatic rings. The van der Waals surface area contributed by atoms with Gasteiger partial charge in [-0.25, -0.2) is 9.59 Å². The summed E-state index contributed by atoms with van der Waals surface area (Å²) in [5, 5.41) is 9.64. The molecule has 3 aromatic rings. The molecule has 0 aliphatic carbocycles. The number of aliphatic carboxylic acids is 1. The second kappa shape index (κ2) is 11.4. The van der Waals surface area contributed by atoms with Crippen LogP contribution in [0.4, 0.5) is 24.5 Å². The van der Waals surface area contributed by atoms with Gasteiger partial charge < -0.3 is 30.8 Å². The number of halogens is 3. The first-order valence-electron chi connectivity index (χ1n) is 10.8. The van der Waals surface area contributed by atoms with Crippen LogP contribution >= 0.6 is 0 Å². The lowest BCUT2D eigenvalue weighted by molar-refractivity contribution is -0.274. The zero-order chi connectivity index (χ0) is 27.2. The van der Waals surface area contributed by atoms with Gasteiger partial charge in [0.2, 0.25) is 0 Å². The summed E-state index contributed by atoms with van der Waals surface area (Å²) < 4.78 is 51.3. The fourth-order valence-corrected chi connectivity index (χ4v) is 3.42. The molecule has 0 bridgehead atoms. The number of alkyl halides is 3. The number of anilines is 2. The van der Waals surface area contributed by atoms with Crippen LogP contribution in [0.2, 0.25) is 0 Å². The van der Waals surface area contributed by atoms with E-state index in [1.54, 1.807) is 18.2 Å². The standard InChI is InChI=1S/C26H23F3N2O6/c1-35-23-13-15(10-18(24(32)33)4-2-16-11-19(30)14-20(31)12-16)3-9-22(23)36-25(34)17-5-7-21(8-6-17)37-26(27,28)29/h3,5-14H,2,4,30-31H2,1H3,(H,32,33)/b18-10+. The molecule has 0 saturated heterocycles. The molecule has 0 aliphatic heterocycles. The molecule has 0 atom stereocenters. The lowest BCUT2D eigenvalue weighted by Gasteiger charge is -2.11. The number of methoxy groups -OCH3 is 1. The van der Waals surface area contributed by atoms with Gasteiger partial charge in [-0.15, -0.1) is 13.2 Å². The molecule has 0 aromatic heterocycles. The minimum absolute atomic E-state index is 0.0177. The summed E-state index contributed by atoms with van der Waals surface area (Å²) in [4.78, 5) is 24.2. The number of benzene rings is 3. The quantitative estimate of drug-likeness (QED) is 0.155. The van der Waals surface area contributed by atoms with Crippen molar-refractivity contribution in [2.24, 2.45) is 0 Å². The van der Waals surface area contributed by atoms with Crippen LogP contribution in [-0.2, 0) is 11.2 Å². The normalized spacial score (nSPS) is 11.6. The molecule has 0 fully saturated rings. The summed E-state index contributed by atoms with van der Waals surface area (Å²) >= 11 is 0. The van der Waals surface area contributed by atoms with Crippen LogP contribution in [0, 0.1) is 0 Å². The molecule has 0 heterocycles. The number of carboxylic acids is 1. The first-order valence-corrected chi connectivity index (χ1v) is 10.8. The number of esters is 1. The Bertz CT molecular complexity index is 1300. The largest absolute Gasteiger partial charge is 0.573 e. The maximum absolute atomic E-state index is 12.5. The Morgan fingerprint density at radius 3 is 2.16 bits per heavy atom. The summed E-state index contributed by atoms with van der Waals surface area (Å²) in [7, 11) is 1.34. The Balaban J connectivity index is 1.74. The van der Waals surface area contributed by atoms with Crippen molar-refractivity contribution in [3.63, 3.8) is 0 Å². The zero-order valence-corrected chi connectivity index (χ0v) is 19.5. The summed E-state index contributed by atoms with van der Waals surface area (Å²) in [6.45, 7) is 0. The second-order valence-corrected chi connectivity index (χ2v) is 7.85. The van der Waals surface area contributed by atoms with Gasteiger partial charge in [-0.1, -0.05) is 6.07 Å². The number of carbonyl (C=O) groups excluding carboxylic acids is 1. The summed E-state index contributed by atoms with van der Waals surface area (Å²) in [5.74, 6) is -2.25. The van der Waals surface area contributed by atoms with Crippen LogP contribution in [0.1, 0.15) is 27.9 Å². The van der Waals surface area contributed by atoms with Crippen molar-refractivity contribution < 1.29 is 42.1 Å². The number of ether oxygens (including phenoxy) is 3. The highest BCUT2D eigenvalue weighted by molar-refractivity contribution is 5.93. The monoisotopic (exact) mass is 516 g/mol. The number of aryl methyl sites for hydroxylation is 1. The van der Waals surface area contributed by atoms with E-state index in [9.17, 15) is 27.9 Å². The van der Waals surface area contributed by atoms with Gasteiger partial charge in [0.25, 0.3) is 0 Å². The van der Waals surface area contributed by atoms with E-state index < -0.39 is 24.1 Å². The fourth-order valence-electron chi connectivity index (χ4n) is 3.42. The number of hydrogen-bond acceptors (Lipinski definition) is 7. The molecule has 0 saturated carbocycles. The predicted molar refractivity (Wildman–Crippen MR) is 130 cm³/mol. The van der Waals surface area contributed by atoms with E-state index in [4.69, 9.17) is 20.9 Å². The van der Waals surface area contributed by atoms with Crippen LogP contribution < -0.4 is 25.7 Å². The van der Waals surface area contributed by atoms with E-state index in [1.165, 1.54) is 31.4 Å². The van der Waals surface area contributed by atoms with Crippen molar-refractivity contribution >= 4 is 29.4 Å². The van der Waals surface area contributed by atoms with Crippen molar-refractivity contribution in [2.75, 3.05) is 18.6 Å². The number of nitrogen functional groups attached to an aromatic ring is 2. The Kier molecular flexibility index (Phi) is 8.28. The van der Waals surface area contributed by atoms with Crippen molar-refractivity contribution in [1.82, 2.24) is 0 Å². The summed E-state index contributed by atoms with van der Waals surface area (Å²) in [5.41, 5.74) is 13.9. The van der Waals surface area contributed by atoms with Crippen LogP contribution in [0.15, 0.2) is 66.2 Å². The van der Waals surface area contributed by atoms with Gasteiger partial charge in [0.1, 0.15) is 5.75 Å². The van der Waals surface area contributed by atoms with Crippen LogP contribution in [0.25, 0.3) is 6.08 Å². The predicted octanol–water partition coefficient (Wildman–Crippen LogP) is 5.08. The van der Waals surface area contributed by atoms with Crippen molar-refractivity contribution in [2.45, 2.75) is 19.2 Å². The first kappa shape index (κ1) is 26.9. The Morgan fingerprint density at radius 2 is 1.59 bits per heavy atom. The van der Waals surface area contributed by atoms with E-state index >= 15 is 0 Å². The summed E-state index contributed by atoms with van der Waals surface area (Å²) in [6.07, 6.45) is -2.79. The number of carbonyl (C=O) groups is 2. The summed E-state index contributed by atoms with van der Waals surface area (Å²) in [6, 6.07) is 13.7. The maximum Gasteiger partial charge on any atom is 0.573 e. The molecule has 0 amide bonds. The number of carboxylic acid groups (broad SMARTS) is 1. The SMILES string of the molecule is COc1cc(/C=C(\CCc2cc(N)cc(N)c2)C(=O)O)ccc1OC(=O)c1ccc(OC(F)(F)F)cc1. The molecule has 0 unspecified atom stereocenters. The number of hydrogen-bond donors (Lipinski definition) is 3. The smallest absolute Gasteiger partial charge is 0.493 e. The van der Waals surface area contributed by atoms with Gasteiger partial charge in [-0.3, -0.25) is 0 Å². The minimum atomic E-state index is -4.85. The van der Waals surface area contributed by atoms with Crippen molar-refractivity contribution in [3.05, 3.63) is 82.9 Å². The van der Waals surface area contributed by atoms with Gasteiger partial charge in [0.15, 0.2) is 11.5 Å². The first-order chi connectivity index (χ1) is 17.4. The van der Waals surface area contributed by atoms with E-state index in [0.29, 0.717) is 23.4 Å². The molecule has 5 N–H and O–H groups in total. The lowest BCUT2D eigenvalue weighted by atomic mass is 10.0.